The lowest BCUT2D eigenvalue weighted by Gasteiger charge is -2.25. The Labute approximate surface area is 127 Å². The third-order valence-electron chi connectivity index (χ3n) is 2.13. The highest BCUT2D eigenvalue weighted by molar-refractivity contribution is 6.39. The van der Waals surface area contributed by atoms with Crippen LogP contribution in [0, 0.1) is 0 Å². The molecule has 5 nitrogen and oxygen atoms in total. The molecule has 7 heteroatoms. The first-order valence-corrected chi connectivity index (χ1v) is 6.59. The molecule has 1 aromatic rings. The Bertz CT molecular complexity index is 507. The lowest BCUT2D eigenvalue weighted by Crippen LogP contribution is -2.45. The average Bonchev–Trinajstić information content (AvgIpc) is 2.26. The van der Waals surface area contributed by atoms with E-state index < -0.39 is 17.6 Å². The van der Waals surface area contributed by atoms with Gasteiger partial charge in [-0.2, -0.15) is 0 Å². The van der Waals surface area contributed by atoms with Gasteiger partial charge in [-0.25, -0.2) is 9.80 Å². The number of hydrazine groups is 1. The zero-order valence-electron chi connectivity index (χ0n) is 11.7. The third-order valence-corrected chi connectivity index (χ3v) is 2.76. The smallest absolute Gasteiger partial charge is 0.428 e. The van der Waals surface area contributed by atoms with Gasteiger partial charge in [-0.05, 0) is 32.9 Å². The fourth-order valence-electron chi connectivity index (χ4n) is 1.30. The van der Waals surface area contributed by atoms with Gasteiger partial charge in [0, 0.05) is 7.05 Å². The molecule has 20 heavy (non-hydrogen) atoms. The van der Waals surface area contributed by atoms with E-state index in [0.29, 0.717) is 0 Å². The van der Waals surface area contributed by atoms with Crippen molar-refractivity contribution in [3.05, 3.63) is 33.8 Å². The average molecular weight is 319 g/mol. The predicted molar refractivity (Wildman–Crippen MR) is 77.9 cm³/mol. The minimum absolute atomic E-state index is 0.103. The van der Waals surface area contributed by atoms with Crippen molar-refractivity contribution >= 4 is 35.2 Å². The summed E-state index contributed by atoms with van der Waals surface area (Å²) in [4.78, 5) is 23.8. The van der Waals surface area contributed by atoms with E-state index in [9.17, 15) is 9.59 Å². The number of ether oxygens (including phenoxy) is 1. The highest BCUT2D eigenvalue weighted by Gasteiger charge is 2.22. The van der Waals surface area contributed by atoms with Gasteiger partial charge >= 0.3 is 6.09 Å². The van der Waals surface area contributed by atoms with Crippen molar-refractivity contribution in [3.63, 3.8) is 0 Å². The lowest BCUT2D eigenvalue weighted by molar-refractivity contribution is 0.0195. The quantitative estimate of drug-likeness (QED) is 0.806. The Hall–Kier alpha value is -1.46. The molecule has 1 aromatic carbocycles. The van der Waals surface area contributed by atoms with Gasteiger partial charge in [0.05, 0.1) is 15.6 Å². The Morgan fingerprint density at radius 2 is 1.70 bits per heavy atom. The van der Waals surface area contributed by atoms with Gasteiger partial charge in [-0.15, -0.1) is 0 Å². The number of hydrogen-bond donors (Lipinski definition) is 1. The number of rotatable bonds is 1. The number of carbonyl (C=O) groups excluding carboxylic acids is 2. The van der Waals surface area contributed by atoms with Crippen molar-refractivity contribution in [2.75, 3.05) is 7.05 Å². The summed E-state index contributed by atoms with van der Waals surface area (Å²) in [5.74, 6) is -0.589. The van der Waals surface area contributed by atoms with Crippen molar-refractivity contribution in [3.8, 4) is 0 Å². The van der Waals surface area contributed by atoms with Crippen LogP contribution in [0.1, 0.15) is 31.1 Å². The topological polar surface area (TPSA) is 58.6 Å². The highest BCUT2D eigenvalue weighted by Crippen LogP contribution is 2.24. The van der Waals surface area contributed by atoms with Crippen molar-refractivity contribution in [2.45, 2.75) is 26.4 Å². The van der Waals surface area contributed by atoms with E-state index in [4.69, 9.17) is 27.9 Å². The maximum Gasteiger partial charge on any atom is 0.428 e. The molecule has 0 aliphatic heterocycles. The maximum absolute atomic E-state index is 12.0. The molecule has 0 aromatic heterocycles. The molecule has 1 N–H and O–H groups in total. The van der Waals surface area contributed by atoms with E-state index in [0.717, 1.165) is 5.01 Å². The van der Waals surface area contributed by atoms with Crippen LogP contribution >= 0.6 is 23.2 Å². The molecule has 110 valence electrons. The van der Waals surface area contributed by atoms with Crippen LogP contribution in [-0.4, -0.2) is 29.7 Å². The van der Waals surface area contributed by atoms with Crippen LogP contribution in [0.3, 0.4) is 0 Å². The Kier molecular flexibility index (Phi) is 5.25. The van der Waals surface area contributed by atoms with Crippen LogP contribution in [0.2, 0.25) is 10.0 Å². The molecule has 2 amide bonds. The summed E-state index contributed by atoms with van der Waals surface area (Å²) < 4.78 is 5.10. The van der Waals surface area contributed by atoms with Gasteiger partial charge in [-0.1, -0.05) is 29.3 Å². The van der Waals surface area contributed by atoms with Crippen LogP contribution in [0.5, 0.6) is 0 Å². The van der Waals surface area contributed by atoms with Gasteiger partial charge in [0.2, 0.25) is 0 Å². The number of nitrogens with one attached hydrogen (secondary N) is 1. The van der Waals surface area contributed by atoms with Crippen LogP contribution in [0.25, 0.3) is 0 Å². The second kappa shape index (κ2) is 6.33. The van der Waals surface area contributed by atoms with Crippen LogP contribution in [0.15, 0.2) is 18.2 Å². The van der Waals surface area contributed by atoms with Crippen molar-refractivity contribution < 1.29 is 14.3 Å². The molecule has 0 fully saturated rings. The standard InChI is InChI=1S/C13H16Cl2N2O3/c1-13(2,3)20-12(19)17(4)16-11(18)10-8(14)6-5-7-9(10)15/h5-7H,1-4H3,(H,16,18). The highest BCUT2D eigenvalue weighted by atomic mass is 35.5. The first-order valence-electron chi connectivity index (χ1n) is 5.83. The molecule has 0 spiro atoms. The first-order chi connectivity index (χ1) is 9.11. The molecular weight excluding hydrogens is 303 g/mol. The zero-order chi connectivity index (χ0) is 15.5. The van der Waals surface area contributed by atoms with E-state index in [2.05, 4.69) is 5.43 Å². The summed E-state index contributed by atoms with van der Waals surface area (Å²) in [5, 5.41) is 1.34. The molecule has 1 rings (SSSR count). The predicted octanol–water partition coefficient (Wildman–Crippen LogP) is 3.51. The van der Waals surface area contributed by atoms with Crippen molar-refractivity contribution in [2.24, 2.45) is 0 Å². The summed E-state index contributed by atoms with van der Waals surface area (Å²) in [5.41, 5.74) is 1.80. The number of amides is 2. The maximum atomic E-state index is 12.0. The Balaban J connectivity index is 2.78. The molecule has 0 unspecified atom stereocenters. The monoisotopic (exact) mass is 318 g/mol. The molecule has 0 aliphatic rings. The van der Waals surface area contributed by atoms with Crippen LogP contribution < -0.4 is 5.43 Å². The normalized spacial score (nSPS) is 10.9. The number of halogens is 2. The van der Waals surface area contributed by atoms with Crippen LogP contribution in [-0.2, 0) is 4.74 Å². The second-order valence-corrected chi connectivity index (χ2v) is 5.89. The third kappa shape index (κ3) is 4.58. The summed E-state index contributed by atoms with van der Waals surface area (Å²) in [6, 6.07) is 4.70. The zero-order valence-corrected chi connectivity index (χ0v) is 13.2. The van der Waals surface area contributed by atoms with Gasteiger partial charge in [-0.3, -0.25) is 10.2 Å². The molecule has 0 bridgehead atoms. The Morgan fingerprint density at radius 1 is 1.20 bits per heavy atom. The van der Waals surface area contributed by atoms with E-state index >= 15 is 0 Å². The molecule has 0 saturated carbocycles. The van der Waals surface area contributed by atoms with Gasteiger partial charge in [0.1, 0.15) is 5.60 Å². The minimum Gasteiger partial charge on any atom is -0.442 e. The lowest BCUT2D eigenvalue weighted by atomic mass is 10.2. The molecule has 0 atom stereocenters. The summed E-state index contributed by atoms with van der Waals surface area (Å²) in [7, 11) is 1.37. The fourth-order valence-corrected chi connectivity index (χ4v) is 1.87. The SMILES string of the molecule is CN(NC(=O)c1c(Cl)cccc1Cl)C(=O)OC(C)(C)C. The summed E-state index contributed by atoms with van der Waals surface area (Å²) in [6.07, 6.45) is -0.686. The molecular formula is C13H16Cl2N2O3. The fraction of sp³-hybridized carbons (Fsp3) is 0.385. The van der Waals surface area contributed by atoms with E-state index in [1.165, 1.54) is 19.2 Å². The second-order valence-electron chi connectivity index (χ2n) is 5.08. The van der Waals surface area contributed by atoms with Crippen LogP contribution in [0.4, 0.5) is 4.79 Å². The molecule has 0 radical (unpaired) electrons. The molecule has 0 heterocycles. The Morgan fingerprint density at radius 3 is 2.15 bits per heavy atom. The summed E-state index contributed by atoms with van der Waals surface area (Å²) in [6.45, 7) is 5.18. The van der Waals surface area contributed by atoms with E-state index in [-0.39, 0.29) is 15.6 Å². The van der Waals surface area contributed by atoms with Crippen molar-refractivity contribution in [1.82, 2.24) is 10.4 Å². The van der Waals surface area contributed by atoms with Gasteiger partial charge in [0.25, 0.3) is 5.91 Å². The number of benzene rings is 1. The van der Waals surface area contributed by atoms with E-state index in [1.54, 1.807) is 26.8 Å². The van der Waals surface area contributed by atoms with Gasteiger partial charge < -0.3 is 4.74 Å². The number of hydrogen-bond acceptors (Lipinski definition) is 3. The first kappa shape index (κ1) is 16.6. The largest absolute Gasteiger partial charge is 0.442 e. The molecule has 0 saturated heterocycles. The minimum atomic E-state index is -0.686. The van der Waals surface area contributed by atoms with Crippen molar-refractivity contribution in [1.29, 1.82) is 0 Å². The number of carbonyl (C=O) groups is 2. The van der Waals surface area contributed by atoms with E-state index in [1.807, 2.05) is 0 Å². The van der Waals surface area contributed by atoms with Gasteiger partial charge in [0.15, 0.2) is 0 Å². The number of nitrogens with zero attached hydrogens (tertiary/aromatic N) is 1. The summed E-state index contributed by atoms with van der Waals surface area (Å²) >= 11 is 11.8. The molecule has 0 aliphatic carbocycles.